The summed E-state index contributed by atoms with van der Waals surface area (Å²) in [6, 6.07) is 17.3. The fourth-order valence-electron chi connectivity index (χ4n) is 2.70. The molecule has 0 bridgehead atoms. The number of amides is 1. The molecule has 132 valence electrons. The Morgan fingerprint density at radius 1 is 1.08 bits per heavy atom. The van der Waals surface area contributed by atoms with Gasteiger partial charge in [0.2, 0.25) is 0 Å². The van der Waals surface area contributed by atoms with Gasteiger partial charge in [-0.3, -0.25) is 9.78 Å². The Bertz CT molecular complexity index is 909. The molecule has 0 unspecified atom stereocenters. The maximum absolute atomic E-state index is 13.0. The number of carbonyl (C=O) groups is 1. The molecule has 0 aliphatic heterocycles. The number of rotatable bonds is 5. The highest BCUT2D eigenvalue weighted by Crippen LogP contribution is 2.21. The van der Waals surface area contributed by atoms with E-state index in [1.165, 1.54) is 12.1 Å². The van der Waals surface area contributed by atoms with Crippen LogP contribution in [0.5, 0.6) is 0 Å². The minimum atomic E-state index is -0.294. The number of anilines is 3. The maximum atomic E-state index is 13.0. The van der Waals surface area contributed by atoms with Crippen molar-refractivity contribution in [2.24, 2.45) is 0 Å². The molecule has 0 fully saturated rings. The molecule has 0 aliphatic carbocycles. The van der Waals surface area contributed by atoms with E-state index in [2.05, 4.69) is 10.3 Å². The molecule has 1 N–H and O–H groups in total. The van der Waals surface area contributed by atoms with Gasteiger partial charge in [0.05, 0.1) is 0 Å². The monoisotopic (exact) mass is 349 g/mol. The summed E-state index contributed by atoms with van der Waals surface area (Å²) < 4.78 is 13.0. The van der Waals surface area contributed by atoms with Crippen molar-refractivity contribution in [2.75, 3.05) is 16.8 Å². The molecule has 3 aromatic rings. The SMILES string of the molecule is CCN(C(=O)c1cc(Nc2ccc(F)cc2)ccn1)c1cccc(C)c1. The molecule has 0 aliphatic rings. The average Bonchev–Trinajstić information content (AvgIpc) is 2.64. The lowest BCUT2D eigenvalue weighted by Crippen LogP contribution is -2.31. The van der Waals surface area contributed by atoms with Crippen molar-refractivity contribution in [1.82, 2.24) is 4.98 Å². The highest BCUT2D eigenvalue weighted by atomic mass is 19.1. The highest BCUT2D eigenvalue weighted by molar-refractivity contribution is 6.05. The molecular formula is C21H20FN3O. The predicted molar refractivity (Wildman–Crippen MR) is 102 cm³/mol. The van der Waals surface area contributed by atoms with Crippen LogP contribution < -0.4 is 10.2 Å². The largest absolute Gasteiger partial charge is 0.355 e. The second kappa shape index (κ2) is 7.78. The molecule has 1 heterocycles. The number of aromatic nitrogens is 1. The number of hydrogen-bond donors (Lipinski definition) is 1. The molecule has 0 spiro atoms. The minimum absolute atomic E-state index is 0.166. The van der Waals surface area contributed by atoms with E-state index in [0.29, 0.717) is 12.2 Å². The van der Waals surface area contributed by atoms with Gasteiger partial charge < -0.3 is 10.2 Å². The first kappa shape index (κ1) is 17.6. The van der Waals surface area contributed by atoms with Crippen molar-refractivity contribution in [1.29, 1.82) is 0 Å². The molecule has 1 amide bonds. The lowest BCUT2D eigenvalue weighted by molar-refractivity contribution is 0.0983. The zero-order valence-electron chi connectivity index (χ0n) is 14.7. The predicted octanol–water partition coefficient (Wildman–Crippen LogP) is 4.94. The smallest absolute Gasteiger partial charge is 0.276 e. The van der Waals surface area contributed by atoms with E-state index < -0.39 is 0 Å². The summed E-state index contributed by atoms with van der Waals surface area (Å²) >= 11 is 0. The van der Waals surface area contributed by atoms with Crippen LogP contribution in [0.3, 0.4) is 0 Å². The van der Waals surface area contributed by atoms with E-state index in [1.807, 2.05) is 38.1 Å². The zero-order chi connectivity index (χ0) is 18.5. The molecule has 0 saturated carbocycles. The standard InChI is InChI=1S/C21H20FN3O/c1-3-25(19-6-4-5-15(2)13-19)21(26)20-14-18(11-12-23-20)24-17-9-7-16(22)8-10-17/h4-14H,3H2,1-2H3,(H,23,24). The van der Waals surface area contributed by atoms with Crippen molar-refractivity contribution in [2.45, 2.75) is 13.8 Å². The van der Waals surface area contributed by atoms with Crippen molar-refractivity contribution in [3.05, 3.63) is 83.9 Å². The van der Waals surface area contributed by atoms with Crippen LogP contribution in [0.2, 0.25) is 0 Å². The van der Waals surface area contributed by atoms with Crippen molar-refractivity contribution in [3.8, 4) is 0 Å². The van der Waals surface area contributed by atoms with Crippen molar-refractivity contribution >= 4 is 23.0 Å². The van der Waals surface area contributed by atoms with E-state index in [-0.39, 0.29) is 11.7 Å². The molecule has 5 heteroatoms. The first-order valence-electron chi connectivity index (χ1n) is 8.44. The van der Waals surface area contributed by atoms with Gasteiger partial charge in [0.15, 0.2) is 0 Å². The molecule has 0 atom stereocenters. The van der Waals surface area contributed by atoms with E-state index in [1.54, 1.807) is 35.4 Å². The first-order valence-corrected chi connectivity index (χ1v) is 8.44. The van der Waals surface area contributed by atoms with Crippen LogP contribution in [-0.2, 0) is 0 Å². The van der Waals surface area contributed by atoms with Crippen LogP contribution in [-0.4, -0.2) is 17.4 Å². The van der Waals surface area contributed by atoms with Crippen LogP contribution in [0.25, 0.3) is 0 Å². The molecule has 4 nitrogen and oxygen atoms in total. The Hall–Kier alpha value is -3.21. The van der Waals surface area contributed by atoms with Gasteiger partial charge in [-0.15, -0.1) is 0 Å². The fraction of sp³-hybridized carbons (Fsp3) is 0.143. The van der Waals surface area contributed by atoms with Gasteiger partial charge in [-0.1, -0.05) is 12.1 Å². The Morgan fingerprint density at radius 2 is 1.85 bits per heavy atom. The first-order chi connectivity index (χ1) is 12.6. The number of carbonyl (C=O) groups excluding carboxylic acids is 1. The van der Waals surface area contributed by atoms with E-state index in [9.17, 15) is 9.18 Å². The topological polar surface area (TPSA) is 45.2 Å². The number of halogens is 1. The zero-order valence-corrected chi connectivity index (χ0v) is 14.7. The van der Waals surface area contributed by atoms with Crippen LogP contribution in [0.1, 0.15) is 23.0 Å². The number of nitrogens with one attached hydrogen (secondary N) is 1. The van der Waals surface area contributed by atoms with Gasteiger partial charge in [-0.2, -0.15) is 0 Å². The molecule has 0 saturated heterocycles. The lowest BCUT2D eigenvalue weighted by Gasteiger charge is -2.21. The highest BCUT2D eigenvalue weighted by Gasteiger charge is 2.18. The van der Waals surface area contributed by atoms with Gasteiger partial charge in [0.25, 0.3) is 5.91 Å². The number of nitrogens with zero attached hydrogens (tertiary/aromatic N) is 2. The summed E-state index contributed by atoms with van der Waals surface area (Å²) in [6.07, 6.45) is 1.59. The Kier molecular flexibility index (Phi) is 5.27. The minimum Gasteiger partial charge on any atom is -0.355 e. The molecular weight excluding hydrogens is 329 g/mol. The van der Waals surface area contributed by atoms with Crippen molar-refractivity contribution in [3.63, 3.8) is 0 Å². The summed E-state index contributed by atoms with van der Waals surface area (Å²) in [7, 11) is 0. The van der Waals surface area contributed by atoms with Crippen LogP contribution >= 0.6 is 0 Å². The van der Waals surface area contributed by atoms with E-state index in [0.717, 1.165) is 22.6 Å². The maximum Gasteiger partial charge on any atom is 0.276 e. The summed E-state index contributed by atoms with van der Waals surface area (Å²) in [5.74, 6) is -0.459. The molecule has 2 aromatic carbocycles. The number of benzene rings is 2. The number of aryl methyl sites for hydroxylation is 1. The second-order valence-electron chi connectivity index (χ2n) is 5.95. The summed E-state index contributed by atoms with van der Waals surface area (Å²) in [4.78, 5) is 18.8. The third-order valence-electron chi connectivity index (χ3n) is 3.99. The van der Waals surface area contributed by atoms with Crippen LogP contribution in [0.4, 0.5) is 21.5 Å². The van der Waals surface area contributed by atoms with Gasteiger partial charge in [-0.25, -0.2) is 4.39 Å². The third kappa shape index (κ3) is 4.06. The Labute approximate surface area is 152 Å². The Balaban J connectivity index is 1.84. The van der Waals surface area contributed by atoms with Gasteiger partial charge in [0.1, 0.15) is 11.5 Å². The molecule has 1 aromatic heterocycles. The van der Waals surface area contributed by atoms with E-state index >= 15 is 0 Å². The number of pyridine rings is 1. The van der Waals surface area contributed by atoms with Gasteiger partial charge in [0, 0.05) is 29.8 Å². The molecule has 3 rings (SSSR count). The lowest BCUT2D eigenvalue weighted by atomic mass is 10.2. The Morgan fingerprint density at radius 3 is 2.54 bits per heavy atom. The molecule has 26 heavy (non-hydrogen) atoms. The van der Waals surface area contributed by atoms with E-state index in [4.69, 9.17) is 0 Å². The molecule has 0 radical (unpaired) electrons. The fourth-order valence-corrected chi connectivity index (χ4v) is 2.70. The quantitative estimate of drug-likeness (QED) is 0.710. The normalized spacial score (nSPS) is 10.4. The summed E-state index contributed by atoms with van der Waals surface area (Å²) in [5.41, 5.74) is 3.74. The average molecular weight is 349 g/mol. The van der Waals surface area contributed by atoms with Crippen LogP contribution in [0.15, 0.2) is 66.9 Å². The van der Waals surface area contributed by atoms with Gasteiger partial charge >= 0.3 is 0 Å². The summed E-state index contributed by atoms with van der Waals surface area (Å²) in [5, 5.41) is 3.15. The third-order valence-corrected chi connectivity index (χ3v) is 3.99. The summed E-state index contributed by atoms with van der Waals surface area (Å²) in [6.45, 7) is 4.47. The number of hydrogen-bond acceptors (Lipinski definition) is 3. The second-order valence-corrected chi connectivity index (χ2v) is 5.95. The van der Waals surface area contributed by atoms with Crippen molar-refractivity contribution < 1.29 is 9.18 Å². The van der Waals surface area contributed by atoms with Crippen LogP contribution in [0, 0.1) is 12.7 Å². The van der Waals surface area contributed by atoms with Gasteiger partial charge in [-0.05, 0) is 67.9 Å².